The number of hydrogen-bond acceptors (Lipinski definition) is 5. The number of nitrogens with zero attached hydrogens (tertiary/aromatic N) is 5. The molecule has 1 amide bonds. The number of para-hydroxylation sites is 1. The zero-order valence-corrected chi connectivity index (χ0v) is 17.8. The zero-order chi connectivity index (χ0) is 20.9. The molecule has 0 unspecified atom stereocenters. The van der Waals surface area contributed by atoms with Crippen molar-refractivity contribution in [1.29, 1.82) is 0 Å². The van der Waals surface area contributed by atoms with Crippen molar-refractivity contribution < 1.29 is 4.79 Å². The van der Waals surface area contributed by atoms with Crippen LogP contribution in [-0.2, 0) is 11.3 Å². The summed E-state index contributed by atoms with van der Waals surface area (Å²) >= 11 is 1.43. The minimum Gasteiger partial charge on any atom is -0.335 e. The Kier molecular flexibility index (Phi) is 6.09. The maximum Gasteiger partial charge on any atom is 0.233 e. The second-order valence-electron chi connectivity index (χ2n) is 7.20. The van der Waals surface area contributed by atoms with Gasteiger partial charge < -0.3 is 4.90 Å². The van der Waals surface area contributed by atoms with Crippen molar-refractivity contribution in [2.45, 2.75) is 31.5 Å². The lowest BCUT2D eigenvalue weighted by Gasteiger charge is -2.26. The topological polar surface area (TPSA) is 63.9 Å². The van der Waals surface area contributed by atoms with E-state index in [1.165, 1.54) is 18.1 Å². The number of aromatic nitrogens is 4. The largest absolute Gasteiger partial charge is 0.335 e. The van der Waals surface area contributed by atoms with E-state index in [0.29, 0.717) is 12.3 Å². The summed E-state index contributed by atoms with van der Waals surface area (Å²) in [5, 5.41) is 6.09. The van der Waals surface area contributed by atoms with Gasteiger partial charge in [0, 0.05) is 12.6 Å². The molecule has 7 heteroatoms. The van der Waals surface area contributed by atoms with E-state index in [9.17, 15) is 4.79 Å². The van der Waals surface area contributed by atoms with Crippen molar-refractivity contribution in [2.24, 2.45) is 0 Å². The summed E-state index contributed by atoms with van der Waals surface area (Å²) in [5.41, 5.74) is 2.79. The molecule has 0 atom stereocenters. The molecule has 4 aromatic rings. The van der Waals surface area contributed by atoms with Gasteiger partial charge in [-0.25, -0.2) is 14.6 Å². The van der Waals surface area contributed by atoms with Crippen LogP contribution in [0.4, 0.5) is 0 Å². The Morgan fingerprint density at radius 2 is 1.73 bits per heavy atom. The fraction of sp³-hybridized carbons (Fsp3) is 0.217. The van der Waals surface area contributed by atoms with Crippen LogP contribution in [0.1, 0.15) is 19.4 Å². The maximum absolute atomic E-state index is 13.0. The molecule has 152 valence electrons. The second-order valence-corrected chi connectivity index (χ2v) is 8.16. The second kappa shape index (κ2) is 9.09. The summed E-state index contributed by atoms with van der Waals surface area (Å²) in [6.07, 6.45) is 3.29. The Morgan fingerprint density at radius 1 is 1.03 bits per heavy atom. The van der Waals surface area contributed by atoms with Crippen LogP contribution in [0.15, 0.2) is 78.2 Å². The maximum atomic E-state index is 13.0. The first-order valence-corrected chi connectivity index (χ1v) is 10.8. The Balaban J connectivity index is 1.51. The van der Waals surface area contributed by atoms with Crippen molar-refractivity contribution >= 4 is 28.7 Å². The van der Waals surface area contributed by atoms with E-state index in [4.69, 9.17) is 0 Å². The predicted molar refractivity (Wildman–Crippen MR) is 120 cm³/mol. The average molecular weight is 418 g/mol. The molecule has 2 heterocycles. The number of hydrogen-bond donors (Lipinski definition) is 0. The van der Waals surface area contributed by atoms with Crippen molar-refractivity contribution in [3.63, 3.8) is 0 Å². The van der Waals surface area contributed by atoms with E-state index in [1.807, 2.05) is 79.4 Å². The third-order valence-electron chi connectivity index (χ3n) is 4.80. The summed E-state index contributed by atoms with van der Waals surface area (Å²) in [6.45, 7) is 4.68. The van der Waals surface area contributed by atoms with Crippen LogP contribution in [0, 0.1) is 0 Å². The van der Waals surface area contributed by atoms with E-state index in [2.05, 4.69) is 15.1 Å². The molecule has 0 N–H and O–H groups in total. The summed E-state index contributed by atoms with van der Waals surface area (Å²) in [5.74, 6) is 0.397. The zero-order valence-electron chi connectivity index (χ0n) is 17.0. The number of fused-ring (bicyclic) bond motifs is 1. The lowest BCUT2D eigenvalue weighted by Crippen LogP contribution is -2.37. The molecule has 6 nitrogen and oxygen atoms in total. The number of thioether (sulfide) groups is 1. The molecule has 0 saturated heterocycles. The molecule has 0 bridgehead atoms. The van der Waals surface area contributed by atoms with Crippen molar-refractivity contribution in [2.75, 3.05) is 5.75 Å². The van der Waals surface area contributed by atoms with E-state index >= 15 is 0 Å². The minimum atomic E-state index is 0.0843. The molecular formula is C23H23N5OS. The monoisotopic (exact) mass is 417 g/mol. The lowest BCUT2D eigenvalue weighted by atomic mass is 10.2. The standard InChI is InChI=1S/C23H23N5OS/c1-17(2)27(14-18-9-5-3-6-10-18)21(29)15-30-23-20-13-26-28(22(20)24-16-25-23)19-11-7-4-8-12-19/h3-13,16-17H,14-15H2,1-2H3. The molecule has 0 spiro atoms. The number of amides is 1. The Labute approximate surface area is 180 Å². The van der Waals surface area contributed by atoms with Crippen LogP contribution < -0.4 is 0 Å². The van der Waals surface area contributed by atoms with E-state index in [-0.39, 0.29) is 11.9 Å². The first kappa shape index (κ1) is 20.1. The molecule has 0 fully saturated rings. The average Bonchev–Trinajstić information content (AvgIpc) is 3.22. The highest BCUT2D eigenvalue weighted by Crippen LogP contribution is 2.26. The number of carbonyl (C=O) groups excluding carboxylic acids is 1. The summed E-state index contributed by atoms with van der Waals surface area (Å²) in [6, 6.07) is 20.0. The smallest absolute Gasteiger partial charge is 0.233 e. The van der Waals surface area contributed by atoms with Gasteiger partial charge in [0.15, 0.2) is 5.65 Å². The van der Waals surface area contributed by atoms with Crippen LogP contribution in [0.5, 0.6) is 0 Å². The first-order valence-electron chi connectivity index (χ1n) is 9.84. The van der Waals surface area contributed by atoms with Gasteiger partial charge >= 0.3 is 0 Å². The lowest BCUT2D eigenvalue weighted by molar-refractivity contribution is -0.130. The molecule has 0 saturated carbocycles. The van der Waals surface area contributed by atoms with Gasteiger partial charge in [-0.2, -0.15) is 5.10 Å². The predicted octanol–water partition coefficient (Wildman–Crippen LogP) is 4.34. The highest BCUT2D eigenvalue weighted by Gasteiger charge is 2.19. The SMILES string of the molecule is CC(C)N(Cc1ccccc1)C(=O)CSc1ncnc2c1cnn2-c1ccccc1. The number of benzene rings is 2. The highest BCUT2D eigenvalue weighted by molar-refractivity contribution is 8.00. The molecular weight excluding hydrogens is 394 g/mol. The Hall–Kier alpha value is -3.19. The van der Waals surface area contributed by atoms with Gasteiger partial charge in [-0.15, -0.1) is 0 Å². The van der Waals surface area contributed by atoms with Gasteiger partial charge in [0.2, 0.25) is 5.91 Å². The normalized spacial score (nSPS) is 11.2. The van der Waals surface area contributed by atoms with Crippen LogP contribution in [-0.4, -0.2) is 42.4 Å². The van der Waals surface area contributed by atoms with Crippen LogP contribution in [0.2, 0.25) is 0 Å². The molecule has 0 radical (unpaired) electrons. The minimum absolute atomic E-state index is 0.0843. The fourth-order valence-electron chi connectivity index (χ4n) is 3.25. The van der Waals surface area contributed by atoms with Crippen molar-refractivity contribution in [1.82, 2.24) is 24.6 Å². The molecule has 2 aromatic carbocycles. The van der Waals surface area contributed by atoms with E-state index in [1.54, 1.807) is 10.9 Å². The van der Waals surface area contributed by atoms with Gasteiger partial charge in [-0.3, -0.25) is 4.79 Å². The molecule has 0 aliphatic carbocycles. The Morgan fingerprint density at radius 3 is 2.43 bits per heavy atom. The number of carbonyl (C=O) groups is 1. The van der Waals surface area contributed by atoms with Crippen LogP contribution in [0.25, 0.3) is 16.7 Å². The Bertz CT molecular complexity index is 1130. The quantitative estimate of drug-likeness (QED) is 0.331. The molecule has 0 aliphatic rings. The molecule has 2 aromatic heterocycles. The van der Waals surface area contributed by atoms with Gasteiger partial charge in [-0.05, 0) is 31.5 Å². The van der Waals surface area contributed by atoms with E-state index < -0.39 is 0 Å². The molecule has 30 heavy (non-hydrogen) atoms. The fourth-order valence-corrected chi connectivity index (χ4v) is 4.09. The van der Waals surface area contributed by atoms with Gasteiger partial charge in [0.1, 0.15) is 11.4 Å². The summed E-state index contributed by atoms with van der Waals surface area (Å²) in [4.78, 5) is 23.7. The number of rotatable bonds is 7. The van der Waals surface area contributed by atoms with E-state index in [0.717, 1.165) is 27.3 Å². The summed E-state index contributed by atoms with van der Waals surface area (Å²) < 4.78 is 1.79. The van der Waals surface area contributed by atoms with Crippen LogP contribution >= 0.6 is 11.8 Å². The van der Waals surface area contributed by atoms with Crippen molar-refractivity contribution in [3.05, 3.63) is 78.8 Å². The third-order valence-corrected chi connectivity index (χ3v) is 5.79. The van der Waals surface area contributed by atoms with Gasteiger partial charge in [0.05, 0.1) is 23.0 Å². The molecule has 4 rings (SSSR count). The van der Waals surface area contributed by atoms with Gasteiger partial charge in [-0.1, -0.05) is 60.3 Å². The summed E-state index contributed by atoms with van der Waals surface area (Å²) in [7, 11) is 0. The first-order chi connectivity index (χ1) is 14.6. The van der Waals surface area contributed by atoms with Crippen LogP contribution in [0.3, 0.4) is 0 Å². The van der Waals surface area contributed by atoms with Gasteiger partial charge in [0.25, 0.3) is 0 Å². The van der Waals surface area contributed by atoms with Crippen molar-refractivity contribution in [3.8, 4) is 5.69 Å². The highest BCUT2D eigenvalue weighted by atomic mass is 32.2. The molecule has 0 aliphatic heterocycles. The third kappa shape index (κ3) is 4.36.